The maximum Gasteiger partial charge on any atom is 0.269 e. The molecule has 0 heterocycles. The predicted molar refractivity (Wildman–Crippen MR) is 48.8 cm³/mol. The van der Waals surface area contributed by atoms with Crippen molar-refractivity contribution in [2.24, 2.45) is 0 Å². The maximum absolute atomic E-state index is 13.4. The fraction of sp³-hybridized carbons (Fsp3) is 1.00. The number of nitrogens with one attached hydrogen (secondary N) is 1. The van der Waals surface area contributed by atoms with Crippen LogP contribution < -0.4 is 5.32 Å². The number of hydrogen-bond donors (Lipinski definition) is 2. The fourth-order valence-electron chi connectivity index (χ4n) is 1.16. The van der Waals surface area contributed by atoms with E-state index >= 15 is 0 Å². The van der Waals surface area contributed by atoms with Crippen molar-refractivity contribution in [3.8, 4) is 0 Å². The average molecular weight is 213 g/mol. The summed E-state index contributed by atoms with van der Waals surface area (Å²) in [5, 5.41) is 2.45. The van der Waals surface area contributed by atoms with Crippen molar-refractivity contribution in [2.75, 3.05) is 5.75 Å². The van der Waals surface area contributed by atoms with Crippen LogP contribution in [0.5, 0.6) is 0 Å². The van der Waals surface area contributed by atoms with Crippen molar-refractivity contribution in [1.82, 2.24) is 5.32 Å². The molecule has 0 bridgehead atoms. The molecule has 0 radical (unpaired) electrons. The van der Waals surface area contributed by atoms with Gasteiger partial charge in [0, 0.05) is 5.54 Å². The first-order valence-corrected chi connectivity index (χ1v) is 5.46. The Hall–Kier alpha value is -0.200. The molecular weight excluding hydrogens is 197 g/mol. The second kappa shape index (κ2) is 3.51. The summed E-state index contributed by atoms with van der Waals surface area (Å²) in [5.41, 5.74) is -0.547. The van der Waals surface area contributed by atoms with Crippen molar-refractivity contribution >= 4 is 10.1 Å². The highest BCUT2D eigenvalue weighted by molar-refractivity contribution is 7.85. The lowest BCUT2D eigenvalue weighted by atomic mass is 10.1. The van der Waals surface area contributed by atoms with E-state index in [2.05, 4.69) is 5.32 Å². The van der Waals surface area contributed by atoms with Gasteiger partial charge in [-0.3, -0.25) is 9.87 Å². The van der Waals surface area contributed by atoms with Crippen LogP contribution in [-0.2, 0) is 10.1 Å². The van der Waals surface area contributed by atoms with Crippen molar-refractivity contribution in [3.05, 3.63) is 0 Å². The van der Waals surface area contributed by atoms with Crippen LogP contribution in [0.1, 0.15) is 27.7 Å². The minimum atomic E-state index is -4.29. The van der Waals surface area contributed by atoms with E-state index in [-0.39, 0.29) is 0 Å². The highest BCUT2D eigenvalue weighted by Gasteiger charge is 2.33. The van der Waals surface area contributed by atoms with Gasteiger partial charge < -0.3 is 0 Å². The molecule has 13 heavy (non-hydrogen) atoms. The molecule has 0 aromatic heterocycles. The molecule has 4 nitrogen and oxygen atoms in total. The Morgan fingerprint density at radius 3 is 1.92 bits per heavy atom. The van der Waals surface area contributed by atoms with E-state index in [1.807, 2.05) is 0 Å². The largest absolute Gasteiger partial charge is 0.285 e. The summed E-state index contributed by atoms with van der Waals surface area (Å²) in [6.45, 7) is 6.19. The van der Waals surface area contributed by atoms with Gasteiger partial charge in [0.05, 0.1) is 0 Å². The third-order valence-electron chi connectivity index (χ3n) is 1.09. The summed E-state index contributed by atoms with van der Waals surface area (Å²) in [4.78, 5) is 0. The molecule has 0 saturated heterocycles. The Labute approximate surface area is 78.3 Å². The Morgan fingerprint density at radius 1 is 1.31 bits per heavy atom. The zero-order valence-corrected chi connectivity index (χ0v) is 9.07. The van der Waals surface area contributed by atoms with Gasteiger partial charge >= 0.3 is 0 Å². The van der Waals surface area contributed by atoms with Crippen LogP contribution in [0.15, 0.2) is 0 Å². The number of rotatable bonds is 3. The lowest BCUT2D eigenvalue weighted by Gasteiger charge is -2.30. The molecule has 6 heteroatoms. The quantitative estimate of drug-likeness (QED) is 0.541. The molecule has 1 unspecified atom stereocenters. The Kier molecular flexibility index (Phi) is 3.46. The van der Waals surface area contributed by atoms with Gasteiger partial charge in [-0.05, 0) is 27.7 Å². The van der Waals surface area contributed by atoms with E-state index < -0.39 is 27.2 Å². The van der Waals surface area contributed by atoms with Crippen molar-refractivity contribution < 1.29 is 17.4 Å². The molecule has 0 aliphatic carbocycles. The summed E-state index contributed by atoms with van der Waals surface area (Å²) in [7, 11) is -4.29. The van der Waals surface area contributed by atoms with Gasteiger partial charge in [0.15, 0.2) is 5.79 Å². The average Bonchev–Trinajstić information content (AvgIpc) is 1.43. The third kappa shape index (κ3) is 8.14. The van der Waals surface area contributed by atoms with Crippen molar-refractivity contribution in [1.29, 1.82) is 0 Å². The molecule has 0 aliphatic rings. The van der Waals surface area contributed by atoms with Crippen LogP contribution in [0.4, 0.5) is 4.39 Å². The second-order valence-electron chi connectivity index (χ2n) is 4.30. The number of hydrogen-bond acceptors (Lipinski definition) is 3. The van der Waals surface area contributed by atoms with Crippen LogP contribution in [0.25, 0.3) is 0 Å². The molecule has 0 aromatic rings. The van der Waals surface area contributed by atoms with Crippen LogP contribution in [-0.4, -0.2) is 30.1 Å². The Balaban J connectivity index is 4.43. The van der Waals surface area contributed by atoms with Gasteiger partial charge in [-0.15, -0.1) is 0 Å². The summed E-state index contributed by atoms with van der Waals surface area (Å²) in [6, 6.07) is 0. The van der Waals surface area contributed by atoms with Crippen molar-refractivity contribution in [2.45, 2.75) is 39.0 Å². The molecule has 1 atom stereocenters. The van der Waals surface area contributed by atoms with E-state index in [9.17, 15) is 12.8 Å². The summed E-state index contributed by atoms with van der Waals surface area (Å²) in [5.74, 6) is -3.07. The van der Waals surface area contributed by atoms with Gasteiger partial charge in [0.1, 0.15) is 5.75 Å². The minimum Gasteiger partial charge on any atom is -0.285 e. The number of alkyl halides is 1. The van der Waals surface area contributed by atoms with Gasteiger partial charge in [-0.1, -0.05) is 0 Å². The first kappa shape index (κ1) is 12.8. The normalized spacial score (nSPS) is 18.3. The lowest BCUT2D eigenvalue weighted by Crippen LogP contribution is -2.52. The van der Waals surface area contributed by atoms with Gasteiger partial charge in [0.25, 0.3) is 10.1 Å². The van der Waals surface area contributed by atoms with E-state index in [1.54, 1.807) is 20.8 Å². The third-order valence-corrected chi connectivity index (χ3v) is 2.00. The monoisotopic (exact) mass is 213 g/mol. The van der Waals surface area contributed by atoms with Crippen LogP contribution in [0.2, 0.25) is 0 Å². The number of halogens is 1. The van der Waals surface area contributed by atoms with Crippen LogP contribution >= 0.6 is 0 Å². The highest BCUT2D eigenvalue weighted by Crippen LogP contribution is 2.14. The van der Waals surface area contributed by atoms with Crippen molar-refractivity contribution in [3.63, 3.8) is 0 Å². The summed E-state index contributed by atoms with van der Waals surface area (Å²) in [6.07, 6.45) is 0. The predicted octanol–water partition coefficient (Wildman–Crippen LogP) is 0.948. The fourth-order valence-corrected chi connectivity index (χ4v) is 1.92. The molecule has 0 saturated carbocycles. The van der Waals surface area contributed by atoms with Gasteiger partial charge in [-0.25, -0.2) is 4.39 Å². The molecular formula is C7H16FNO3S. The molecule has 0 spiro atoms. The highest BCUT2D eigenvalue weighted by atomic mass is 32.2. The Morgan fingerprint density at radius 2 is 1.69 bits per heavy atom. The molecule has 0 fully saturated rings. The van der Waals surface area contributed by atoms with Crippen LogP contribution in [0.3, 0.4) is 0 Å². The molecule has 80 valence electrons. The smallest absolute Gasteiger partial charge is 0.269 e. The van der Waals surface area contributed by atoms with E-state index in [4.69, 9.17) is 4.55 Å². The van der Waals surface area contributed by atoms with E-state index in [1.165, 1.54) is 0 Å². The molecule has 2 N–H and O–H groups in total. The molecule has 0 aromatic carbocycles. The topological polar surface area (TPSA) is 66.4 Å². The summed E-state index contributed by atoms with van der Waals surface area (Å²) < 4.78 is 42.7. The maximum atomic E-state index is 13.4. The minimum absolute atomic E-state index is 0.547. The standard InChI is InChI=1S/C7H16FNO3S/c1-6(2,3)9-7(4,8)5-13(10,11)12/h9H,5H2,1-4H3,(H,10,11,12). The molecule has 0 rings (SSSR count). The SMILES string of the molecule is CC(C)(C)NC(C)(F)CS(=O)(=O)O. The second-order valence-corrected chi connectivity index (χ2v) is 5.75. The van der Waals surface area contributed by atoms with Crippen LogP contribution in [0, 0.1) is 0 Å². The first-order valence-electron chi connectivity index (χ1n) is 3.85. The van der Waals surface area contributed by atoms with Gasteiger partial charge in [0.2, 0.25) is 0 Å². The zero-order valence-electron chi connectivity index (χ0n) is 8.26. The lowest BCUT2D eigenvalue weighted by molar-refractivity contribution is 0.123. The molecule has 0 amide bonds. The van der Waals surface area contributed by atoms with E-state index in [0.717, 1.165) is 6.92 Å². The summed E-state index contributed by atoms with van der Waals surface area (Å²) >= 11 is 0. The first-order chi connectivity index (χ1) is 5.41. The Bertz CT molecular complexity index is 266. The van der Waals surface area contributed by atoms with E-state index in [0.29, 0.717) is 0 Å². The zero-order chi connectivity index (χ0) is 10.9. The molecule has 0 aliphatic heterocycles. The van der Waals surface area contributed by atoms with Gasteiger partial charge in [-0.2, -0.15) is 8.42 Å².